The van der Waals surface area contributed by atoms with Gasteiger partial charge in [-0.1, -0.05) is 19.4 Å². The van der Waals surface area contributed by atoms with Gasteiger partial charge in [-0.3, -0.25) is 0 Å². The van der Waals surface area contributed by atoms with Gasteiger partial charge in [0, 0.05) is 18.2 Å². The van der Waals surface area contributed by atoms with Crippen LogP contribution in [0.2, 0.25) is 0 Å². The first-order chi connectivity index (χ1) is 6.22. The maximum absolute atomic E-state index is 11.1. The fraction of sp³-hybridized carbons (Fsp3) is 0.400. The summed E-state index contributed by atoms with van der Waals surface area (Å²) in [6.45, 7) is 1.95. The quantitative estimate of drug-likeness (QED) is 0.570. The average molecular weight is 180 g/mol. The van der Waals surface area contributed by atoms with Gasteiger partial charge in [0.1, 0.15) is 5.75 Å². The van der Waals surface area contributed by atoms with Crippen molar-refractivity contribution in [3.8, 4) is 5.75 Å². The van der Waals surface area contributed by atoms with E-state index >= 15 is 0 Å². The molecule has 1 atom stereocenters. The average Bonchev–Trinajstić information content (AvgIpc) is 2.04. The Morgan fingerprint density at radius 2 is 2.31 bits per heavy atom. The van der Waals surface area contributed by atoms with Crippen molar-refractivity contribution in [3.63, 3.8) is 0 Å². The Balaban J connectivity index is 2.53. The number of nitrogens with two attached hydrogens (primary N) is 1. The van der Waals surface area contributed by atoms with E-state index in [1.807, 2.05) is 6.92 Å². The molecule has 2 N–H and O–H groups in total. The van der Waals surface area contributed by atoms with Crippen molar-refractivity contribution in [1.29, 1.82) is 0 Å². The number of nitrogen functional groups attached to an aromatic ring is 1. The smallest absolute Gasteiger partial charge is 0.231 e. The Kier molecular flexibility index (Phi) is 3.58. The number of hydrogen-bond donors (Lipinski definition) is 1. The van der Waals surface area contributed by atoms with Crippen molar-refractivity contribution in [1.82, 2.24) is 0 Å². The second-order valence-corrected chi connectivity index (χ2v) is 2.91. The van der Waals surface area contributed by atoms with E-state index in [0.717, 1.165) is 6.42 Å². The summed E-state index contributed by atoms with van der Waals surface area (Å²) in [6.07, 6.45) is 0.373. The van der Waals surface area contributed by atoms with Crippen molar-refractivity contribution < 1.29 is 9.84 Å². The predicted octanol–water partition coefficient (Wildman–Crippen LogP) is 2.20. The van der Waals surface area contributed by atoms with Crippen molar-refractivity contribution in [3.05, 3.63) is 24.3 Å². The van der Waals surface area contributed by atoms with Gasteiger partial charge in [-0.05, 0) is 12.1 Å². The van der Waals surface area contributed by atoms with E-state index in [1.165, 1.54) is 0 Å². The third-order valence-corrected chi connectivity index (χ3v) is 1.65. The molecule has 13 heavy (non-hydrogen) atoms. The lowest BCUT2D eigenvalue weighted by molar-refractivity contribution is -0.0756. The van der Waals surface area contributed by atoms with E-state index in [-0.39, 0.29) is 0 Å². The number of ether oxygens (including phenoxy) is 1. The Morgan fingerprint density at radius 1 is 1.54 bits per heavy atom. The highest BCUT2D eigenvalue weighted by atomic mass is 16.6. The number of rotatable bonds is 4. The minimum absolute atomic E-state index is 0.523. The van der Waals surface area contributed by atoms with Crippen LogP contribution in [-0.2, 0) is 5.11 Å². The summed E-state index contributed by atoms with van der Waals surface area (Å²) in [5, 5.41) is 11.1. The van der Waals surface area contributed by atoms with Crippen LogP contribution in [0.1, 0.15) is 19.8 Å². The molecule has 0 aliphatic carbocycles. The zero-order valence-electron chi connectivity index (χ0n) is 7.69. The highest BCUT2D eigenvalue weighted by molar-refractivity contribution is 5.43. The van der Waals surface area contributed by atoms with Crippen LogP contribution in [0.25, 0.3) is 0 Å². The number of hydrogen-bond acceptors (Lipinski definition) is 2. The second-order valence-electron chi connectivity index (χ2n) is 2.91. The fourth-order valence-electron chi connectivity index (χ4n) is 1.03. The molecule has 0 bridgehead atoms. The first kappa shape index (κ1) is 9.86. The zero-order valence-corrected chi connectivity index (χ0v) is 7.69. The summed E-state index contributed by atoms with van der Waals surface area (Å²) in [5.74, 6) is 0.549. The summed E-state index contributed by atoms with van der Waals surface area (Å²) >= 11 is 0. The molecular weight excluding hydrogens is 166 g/mol. The summed E-state index contributed by atoms with van der Waals surface area (Å²) in [4.78, 5) is 0. The first-order valence-corrected chi connectivity index (χ1v) is 4.40. The van der Waals surface area contributed by atoms with Crippen LogP contribution in [0.15, 0.2) is 24.3 Å². The Labute approximate surface area is 78.1 Å². The normalized spacial score (nSPS) is 12.5. The summed E-state index contributed by atoms with van der Waals surface area (Å²) < 4.78 is 5.10. The van der Waals surface area contributed by atoms with Crippen molar-refractivity contribution in [2.75, 3.05) is 5.73 Å². The Bertz CT molecular complexity index is 263. The molecule has 0 saturated heterocycles. The van der Waals surface area contributed by atoms with Crippen LogP contribution in [0.5, 0.6) is 5.75 Å². The molecule has 0 fully saturated rings. The highest BCUT2D eigenvalue weighted by Crippen LogP contribution is 2.16. The fourth-order valence-corrected chi connectivity index (χ4v) is 1.03. The summed E-state index contributed by atoms with van der Waals surface area (Å²) in [7, 11) is 0. The minimum atomic E-state index is -0.980. The highest BCUT2D eigenvalue weighted by Gasteiger charge is 2.05. The zero-order chi connectivity index (χ0) is 9.68. The molecule has 1 radical (unpaired) electrons. The predicted molar refractivity (Wildman–Crippen MR) is 50.9 cm³/mol. The van der Waals surface area contributed by atoms with E-state index in [0.29, 0.717) is 17.9 Å². The van der Waals surface area contributed by atoms with E-state index in [2.05, 4.69) is 0 Å². The lowest BCUT2D eigenvalue weighted by Crippen LogP contribution is -2.12. The SMILES string of the molecule is CCCC([O])Oc1cccc(N)c1. The van der Waals surface area contributed by atoms with Gasteiger partial charge in [0.25, 0.3) is 0 Å². The molecule has 0 amide bonds. The molecule has 3 nitrogen and oxygen atoms in total. The van der Waals surface area contributed by atoms with Crippen LogP contribution in [-0.4, -0.2) is 6.29 Å². The number of benzene rings is 1. The van der Waals surface area contributed by atoms with Gasteiger partial charge >= 0.3 is 0 Å². The van der Waals surface area contributed by atoms with Crippen LogP contribution < -0.4 is 10.5 Å². The van der Waals surface area contributed by atoms with Gasteiger partial charge in [-0.2, -0.15) is 5.11 Å². The monoisotopic (exact) mass is 180 g/mol. The van der Waals surface area contributed by atoms with Crippen LogP contribution in [0.3, 0.4) is 0 Å². The molecular formula is C10H14NO2. The van der Waals surface area contributed by atoms with E-state index in [1.54, 1.807) is 24.3 Å². The molecule has 0 saturated carbocycles. The molecule has 0 spiro atoms. The van der Waals surface area contributed by atoms with Crippen molar-refractivity contribution >= 4 is 5.69 Å². The first-order valence-electron chi connectivity index (χ1n) is 4.40. The molecule has 0 aromatic heterocycles. The largest absolute Gasteiger partial charge is 0.462 e. The van der Waals surface area contributed by atoms with Gasteiger partial charge in [-0.25, -0.2) is 0 Å². The summed E-state index contributed by atoms with van der Waals surface area (Å²) in [5.41, 5.74) is 6.14. The Morgan fingerprint density at radius 3 is 2.92 bits per heavy atom. The summed E-state index contributed by atoms with van der Waals surface area (Å²) in [6, 6.07) is 6.91. The van der Waals surface area contributed by atoms with Crippen LogP contribution in [0.4, 0.5) is 5.69 Å². The Hall–Kier alpha value is -1.22. The molecule has 1 unspecified atom stereocenters. The van der Waals surface area contributed by atoms with Gasteiger partial charge in [0.15, 0.2) is 0 Å². The third kappa shape index (κ3) is 3.34. The molecule has 0 aliphatic heterocycles. The lowest BCUT2D eigenvalue weighted by Gasteiger charge is -2.10. The molecule has 0 heterocycles. The number of anilines is 1. The van der Waals surface area contributed by atoms with Crippen LogP contribution >= 0.6 is 0 Å². The molecule has 3 heteroatoms. The van der Waals surface area contributed by atoms with Crippen molar-refractivity contribution in [2.45, 2.75) is 26.1 Å². The molecule has 1 rings (SSSR count). The third-order valence-electron chi connectivity index (χ3n) is 1.65. The van der Waals surface area contributed by atoms with Gasteiger partial charge < -0.3 is 10.5 Å². The van der Waals surface area contributed by atoms with Crippen molar-refractivity contribution in [2.24, 2.45) is 0 Å². The topological polar surface area (TPSA) is 55.1 Å². The van der Waals surface area contributed by atoms with E-state index < -0.39 is 6.29 Å². The van der Waals surface area contributed by atoms with Gasteiger partial charge in [0.2, 0.25) is 6.29 Å². The standard InChI is InChI=1S/C10H14NO2/c1-2-4-10(12)13-9-6-3-5-8(11)7-9/h3,5-7,10H,2,4,11H2,1H3. The maximum atomic E-state index is 11.1. The minimum Gasteiger partial charge on any atom is -0.462 e. The molecule has 0 aliphatic rings. The van der Waals surface area contributed by atoms with Crippen LogP contribution in [0, 0.1) is 0 Å². The maximum Gasteiger partial charge on any atom is 0.231 e. The van der Waals surface area contributed by atoms with E-state index in [9.17, 15) is 5.11 Å². The molecule has 1 aromatic rings. The van der Waals surface area contributed by atoms with Gasteiger partial charge in [-0.15, -0.1) is 0 Å². The van der Waals surface area contributed by atoms with E-state index in [4.69, 9.17) is 10.5 Å². The van der Waals surface area contributed by atoms with Gasteiger partial charge in [0.05, 0.1) is 0 Å². The lowest BCUT2D eigenvalue weighted by atomic mass is 10.3. The molecule has 71 valence electrons. The second kappa shape index (κ2) is 4.72. The molecule has 1 aromatic carbocycles.